The van der Waals surface area contributed by atoms with Gasteiger partial charge in [0.2, 0.25) is 5.16 Å². The average molecular weight is 255 g/mol. The Bertz CT molecular complexity index is 485. The van der Waals surface area contributed by atoms with Crippen LogP contribution in [0.1, 0.15) is 17.7 Å². The molecule has 0 aliphatic rings. The van der Waals surface area contributed by atoms with E-state index < -0.39 is 0 Å². The molecule has 0 fully saturated rings. The van der Waals surface area contributed by atoms with Crippen molar-refractivity contribution in [3.8, 4) is 0 Å². The Kier molecular flexibility index (Phi) is 3.36. The number of halogens is 1. The standard InChI is InChI=1S/C10H11ClN4S/c1-7(8-4-2-3-5-9(8)11)16-10-14-13-6-15(10)12/h2-7H,12H2,1H3/t7-/m0/s1. The molecule has 0 saturated heterocycles. The number of nitrogen functional groups attached to an aromatic ring is 1. The normalized spacial score (nSPS) is 12.6. The summed E-state index contributed by atoms with van der Waals surface area (Å²) in [5.41, 5.74) is 1.07. The molecule has 0 aliphatic heterocycles. The lowest BCUT2D eigenvalue weighted by molar-refractivity contribution is 0.840. The minimum atomic E-state index is 0.181. The van der Waals surface area contributed by atoms with Crippen LogP contribution in [0.3, 0.4) is 0 Å². The summed E-state index contributed by atoms with van der Waals surface area (Å²) in [6.45, 7) is 2.06. The quantitative estimate of drug-likeness (QED) is 0.675. The molecule has 0 amide bonds. The highest BCUT2D eigenvalue weighted by Gasteiger charge is 2.13. The van der Waals surface area contributed by atoms with Crippen molar-refractivity contribution < 1.29 is 0 Å². The molecule has 1 aromatic carbocycles. The molecule has 2 aromatic rings. The van der Waals surface area contributed by atoms with Gasteiger partial charge in [0.1, 0.15) is 6.33 Å². The number of nitrogens with zero attached hydrogens (tertiary/aromatic N) is 3. The van der Waals surface area contributed by atoms with Gasteiger partial charge in [0, 0.05) is 10.3 Å². The minimum Gasteiger partial charge on any atom is -0.336 e. The summed E-state index contributed by atoms with van der Waals surface area (Å²) in [6.07, 6.45) is 1.47. The maximum absolute atomic E-state index is 6.11. The molecule has 0 aliphatic carbocycles. The minimum absolute atomic E-state index is 0.181. The largest absolute Gasteiger partial charge is 0.336 e. The highest BCUT2D eigenvalue weighted by atomic mass is 35.5. The van der Waals surface area contributed by atoms with E-state index in [2.05, 4.69) is 17.1 Å². The van der Waals surface area contributed by atoms with E-state index in [1.807, 2.05) is 24.3 Å². The third kappa shape index (κ3) is 2.31. The summed E-state index contributed by atoms with van der Waals surface area (Å²) in [7, 11) is 0. The molecule has 0 bridgehead atoms. The van der Waals surface area contributed by atoms with Gasteiger partial charge >= 0.3 is 0 Å². The van der Waals surface area contributed by atoms with Crippen molar-refractivity contribution in [1.82, 2.24) is 14.9 Å². The first-order valence-corrected chi connectivity index (χ1v) is 6.00. The van der Waals surface area contributed by atoms with Crippen LogP contribution in [0, 0.1) is 0 Å². The van der Waals surface area contributed by atoms with Crippen molar-refractivity contribution in [2.24, 2.45) is 0 Å². The molecule has 6 heteroatoms. The van der Waals surface area contributed by atoms with Crippen LogP contribution in [0.2, 0.25) is 5.02 Å². The first-order valence-electron chi connectivity index (χ1n) is 4.74. The fraction of sp³-hybridized carbons (Fsp3) is 0.200. The Morgan fingerprint density at radius 3 is 2.81 bits per heavy atom. The number of hydrogen-bond acceptors (Lipinski definition) is 4. The summed E-state index contributed by atoms with van der Waals surface area (Å²) < 4.78 is 1.40. The van der Waals surface area contributed by atoms with Gasteiger partial charge in [-0.15, -0.1) is 10.2 Å². The molecule has 16 heavy (non-hydrogen) atoms. The maximum atomic E-state index is 6.11. The monoisotopic (exact) mass is 254 g/mol. The number of hydrogen-bond donors (Lipinski definition) is 1. The zero-order valence-electron chi connectivity index (χ0n) is 8.67. The fourth-order valence-corrected chi connectivity index (χ4v) is 2.62. The van der Waals surface area contributed by atoms with Crippen molar-refractivity contribution in [2.45, 2.75) is 17.3 Å². The summed E-state index contributed by atoms with van der Waals surface area (Å²) >= 11 is 7.64. The first-order chi connectivity index (χ1) is 7.68. The van der Waals surface area contributed by atoms with E-state index >= 15 is 0 Å². The lowest BCUT2D eigenvalue weighted by Crippen LogP contribution is -2.08. The van der Waals surface area contributed by atoms with E-state index in [4.69, 9.17) is 17.4 Å². The van der Waals surface area contributed by atoms with Gasteiger partial charge in [-0.3, -0.25) is 0 Å². The second-order valence-corrected chi connectivity index (χ2v) is 5.02. The molecule has 0 unspecified atom stereocenters. The lowest BCUT2D eigenvalue weighted by Gasteiger charge is -2.11. The van der Waals surface area contributed by atoms with Gasteiger partial charge in [0.05, 0.1) is 0 Å². The molecule has 0 spiro atoms. The highest BCUT2D eigenvalue weighted by molar-refractivity contribution is 7.99. The summed E-state index contributed by atoms with van der Waals surface area (Å²) in [5.74, 6) is 5.64. The van der Waals surface area contributed by atoms with Gasteiger partial charge < -0.3 is 5.84 Å². The molecule has 0 radical (unpaired) electrons. The number of aromatic nitrogens is 3. The molecule has 1 aromatic heterocycles. The van der Waals surface area contributed by atoms with Crippen LogP contribution in [0.5, 0.6) is 0 Å². The Labute approximate surface area is 103 Å². The molecule has 4 nitrogen and oxygen atoms in total. The molecular weight excluding hydrogens is 244 g/mol. The number of thioether (sulfide) groups is 1. The summed E-state index contributed by atoms with van der Waals surface area (Å²) in [4.78, 5) is 0. The van der Waals surface area contributed by atoms with Gasteiger partial charge in [0.15, 0.2) is 0 Å². The molecule has 1 heterocycles. The third-order valence-corrected chi connectivity index (χ3v) is 3.62. The molecular formula is C10H11ClN4S. The highest BCUT2D eigenvalue weighted by Crippen LogP contribution is 2.36. The number of rotatable bonds is 3. The van der Waals surface area contributed by atoms with Crippen LogP contribution in [-0.2, 0) is 0 Å². The number of benzene rings is 1. The van der Waals surface area contributed by atoms with E-state index in [1.165, 1.54) is 22.8 Å². The molecule has 84 valence electrons. The Morgan fingerprint density at radius 2 is 2.19 bits per heavy atom. The van der Waals surface area contributed by atoms with Gasteiger partial charge in [-0.1, -0.05) is 41.6 Å². The zero-order chi connectivity index (χ0) is 11.5. The van der Waals surface area contributed by atoms with Crippen molar-refractivity contribution in [1.29, 1.82) is 0 Å². The maximum Gasteiger partial charge on any atom is 0.210 e. The summed E-state index contributed by atoms with van der Waals surface area (Å²) in [5, 5.41) is 9.25. The summed E-state index contributed by atoms with van der Waals surface area (Å²) in [6, 6.07) is 7.75. The molecule has 2 rings (SSSR count). The van der Waals surface area contributed by atoms with Gasteiger partial charge in [-0.05, 0) is 18.6 Å². The van der Waals surface area contributed by atoms with Crippen molar-refractivity contribution in [2.75, 3.05) is 5.84 Å². The van der Waals surface area contributed by atoms with Gasteiger partial charge in [-0.2, -0.15) is 0 Å². The SMILES string of the molecule is C[C@H](Sc1nncn1N)c1ccccc1Cl. The van der Waals surface area contributed by atoms with Crippen LogP contribution >= 0.6 is 23.4 Å². The topological polar surface area (TPSA) is 56.7 Å². The Hall–Kier alpha value is -1.20. The fourth-order valence-electron chi connectivity index (χ4n) is 1.34. The second-order valence-electron chi connectivity index (χ2n) is 3.30. The van der Waals surface area contributed by atoms with E-state index in [-0.39, 0.29) is 5.25 Å². The molecule has 2 N–H and O–H groups in total. The molecule has 0 saturated carbocycles. The van der Waals surface area contributed by atoms with E-state index in [9.17, 15) is 0 Å². The van der Waals surface area contributed by atoms with E-state index in [0.717, 1.165) is 10.6 Å². The predicted octanol–water partition coefficient (Wildman–Crippen LogP) is 2.50. The zero-order valence-corrected chi connectivity index (χ0v) is 10.2. The van der Waals surface area contributed by atoms with E-state index in [1.54, 1.807) is 0 Å². The smallest absolute Gasteiger partial charge is 0.210 e. The van der Waals surface area contributed by atoms with Gasteiger partial charge in [-0.25, -0.2) is 4.68 Å². The lowest BCUT2D eigenvalue weighted by atomic mass is 10.2. The Balaban J connectivity index is 2.18. The molecule has 1 atom stereocenters. The third-order valence-electron chi connectivity index (χ3n) is 2.17. The van der Waals surface area contributed by atoms with Crippen LogP contribution < -0.4 is 5.84 Å². The predicted molar refractivity (Wildman–Crippen MR) is 65.9 cm³/mol. The van der Waals surface area contributed by atoms with Crippen LogP contribution in [0.15, 0.2) is 35.7 Å². The van der Waals surface area contributed by atoms with Crippen molar-refractivity contribution in [3.05, 3.63) is 41.2 Å². The van der Waals surface area contributed by atoms with Crippen molar-refractivity contribution >= 4 is 23.4 Å². The van der Waals surface area contributed by atoms with Crippen LogP contribution in [-0.4, -0.2) is 14.9 Å². The van der Waals surface area contributed by atoms with Crippen LogP contribution in [0.4, 0.5) is 0 Å². The van der Waals surface area contributed by atoms with Crippen molar-refractivity contribution in [3.63, 3.8) is 0 Å². The first kappa shape index (κ1) is 11.3. The average Bonchev–Trinajstić information content (AvgIpc) is 2.65. The van der Waals surface area contributed by atoms with E-state index in [0.29, 0.717) is 5.16 Å². The van der Waals surface area contributed by atoms with Gasteiger partial charge in [0.25, 0.3) is 0 Å². The Morgan fingerprint density at radius 1 is 1.44 bits per heavy atom. The van der Waals surface area contributed by atoms with Crippen LogP contribution in [0.25, 0.3) is 0 Å². The number of nitrogens with two attached hydrogens (primary N) is 1. The second kappa shape index (κ2) is 4.76.